The van der Waals surface area contributed by atoms with Crippen LogP contribution in [0.1, 0.15) is 23.5 Å². The van der Waals surface area contributed by atoms with E-state index in [4.69, 9.17) is 4.74 Å². The van der Waals surface area contributed by atoms with Gasteiger partial charge in [0, 0.05) is 12.3 Å². The van der Waals surface area contributed by atoms with Gasteiger partial charge in [0.1, 0.15) is 12.6 Å². The van der Waals surface area contributed by atoms with Crippen LogP contribution in [-0.4, -0.2) is 36.0 Å². The first-order chi connectivity index (χ1) is 13.6. The smallest absolute Gasteiger partial charge is 0.407 e. The van der Waals surface area contributed by atoms with Gasteiger partial charge in [0.2, 0.25) is 0 Å². The Kier molecular flexibility index (Phi) is 5.22. The number of amides is 1. The van der Waals surface area contributed by atoms with E-state index in [9.17, 15) is 14.7 Å². The number of ether oxygens (including phenoxy) is 1. The van der Waals surface area contributed by atoms with Crippen LogP contribution >= 0.6 is 0 Å². The first-order valence-corrected chi connectivity index (χ1v) is 8.99. The van der Waals surface area contributed by atoms with Gasteiger partial charge in [-0.25, -0.2) is 20.4 Å². The zero-order valence-electron chi connectivity index (χ0n) is 14.9. The minimum Gasteiger partial charge on any atom is -0.480 e. The van der Waals surface area contributed by atoms with Crippen molar-refractivity contribution in [3.8, 4) is 11.1 Å². The van der Waals surface area contributed by atoms with E-state index in [1.54, 1.807) is 0 Å². The first-order valence-electron chi connectivity index (χ1n) is 8.99. The maximum absolute atomic E-state index is 12.2. The maximum atomic E-state index is 12.2. The van der Waals surface area contributed by atoms with E-state index >= 15 is 0 Å². The predicted octanol–water partition coefficient (Wildman–Crippen LogP) is 0.812. The molecule has 6 N–H and O–H groups in total. The van der Waals surface area contributed by atoms with Gasteiger partial charge in [-0.3, -0.25) is 0 Å². The van der Waals surface area contributed by atoms with E-state index in [1.807, 2.05) is 36.4 Å². The van der Waals surface area contributed by atoms with Crippen LogP contribution in [-0.2, 0) is 9.53 Å². The molecule has 1 heterocycles. The number of hydrazine groups is 3. The molecule has 0 bridgehead atoms. The molecule has 9 nitrogen and oxygen atoms in total. The molecule has 0 unspecified atom stereocenters. The monoisotopic (exact) mass is 383 g/mol. The molecule has 2 aromatic carbocycles. The SMILES string of the molecule is O=C(N[C@H](CC1NNNN1)C(=O)O)OCC1c2ccccc2-c2ccccc21. The molecule has 1 aliphatic heterocycles. The van der Waals surface area contributed by atoms with Crippen LogP contribution in [0.3, 0.4) is 0 Å². The van der Waals surface area contributed by atoms with Gasteiger partial charge in [0.15, 0.2) is 0 Å². The van der Waals surface area contributed by atoms with Gasteiger partial charge >= 0.3 is 12.1 Å². The number of rotatable bonds is 6. The summed E-state index contributed by atoms with van der Waals surface area (Å²) in [7, 11) is 0. The number of carboxylic acids is 1. The van der Waals surface area contributed by atoms with E-state index in [2.05, 4.69) is 39.4 Å². The van der Waals surface area contributed by atoms with Crippen molar-refractivity contribution >= 4 is 12.1 Å². The summed E-state index contributed by atoms with van der Waals surface area (Å²) in [6.07, 6.45) is -0.984. The minimum absolute atomic E-state index is 0.0759. The molecule has 0 aromatic heterocycles. The number of carboxylic acid groups (broad SMARTS) is 1. The number of fused-ring (bicyclic) bond motifs is 3. The maximum Gasteiger partial charge on any atom is 0.407 e. The Bertz CT molecular complexity index is 839. The summed E-state index contributed by atoms with van der Waals surface area (Å²) in [5.74, 6) is -1.21. The quantitative estimate of drug-likeness (QED) is 0.433. The summed E-state index contributed by atoms with van der Waals surface area (Å²) < 4.78 is 5.40. The highest BCUT2D eigenvalue weighted by Gasteiger charge is 2.30. The second-order valence-corrected chi connectivity index (χ2v) is 6.69. The van der Waals surface area contributed by atoms with Crippen molar-refractivity contribution in [2.75, 3.05) is 6.61 Å². The second-order valence-electron chi connectivity index (χ2n) is 6.69. The van der Waals surface area contributed by atoms with Gasteiger partial charge in [0.05, 0.1) is 6.17 Å². The van der Waals surface area contributed by atoms with Crippen molar-refractivity contribution < 1.29 is 19.4 Å². The molecule has 1 saturated heterocycles. The summed E-state index contributed by atoms with van der Waals surface area (Å²) >= 11 is 0. The fourth-order valence-electron chi connectivity index (χ4n) is 3.64. The number of benzene rings is 2. The van der Waals surface area contributed by atoms with Crippen molar-refractivity contribution in [1.82, 2.24) is 27.2 Å². The van der Waals surface area contributed by atoms with Crippen molar-refractivity contribution in [2.45, 2.75) is 24.5 Å². The Labute approximate surface area is 161 Å². The van der Waals surface area contributed by atoms with Gasteiger partial charge in [-0.05, 0) is 22.3 Å². The lowest BCUT2D eigenvalue weighted by atomic mass is 9.98. The summed E-state index contributed by atoms with van der Waals surface area (Å²) in [5.41, 5.74) is 15.2. The minimum atomic E-state index is -1.14. The molecule has 1 atom stereocenters. The molecule has 0 saturated carbocycles. The summed E-state index contributed by atoms with van der Waals surface area (Å²) in [6, 6.07) is 15.0. The number of hydrogen-bond donors (Lipinski definition) is 6. The molecule has 2 aromatic rings. The van der Waals surface area contributed by atoms with Gasteiger partial charge in [-0.2, -0.15) is 11.1 Å². The lowest BCUT2D eigenvalue weighted by Crippen LogP contribution is -2.47. The summed E-state index contributed by atoms with van der Waals surface area (Å²) in [4.78, 5) is 23.7. The van der Waals surface area contributed by atoms with Gasteiger partial charge in [0.25, 0.3) is 0 Å². The van der Waals surface area contributed by atoms with Crippen LogP contribution in [0.15, 0.2) is 48.5 Å². The number of nitrogens with one attached hydrogen (secondary N) is 5. The zero-order chi connectivity index (χ0) is 19.5. The molecule has 1 fully saturated rings. The molecule has 146 valence electrons. The average molecular weight is 383 g/mol. The van der Waals surface area contributed by atoms with Crippen molar-refractivity contribution in [3.05, 3.63) is 59.7 Å². The van der Waals surface area contributed by atoms with E-state index < -0.39 is 18.1 Å². The third-order valence-corrected chi connectivity index (χ3v) is 4.96. The normalized spacial score (nSPS) is 17.0. The molecule has 2 aliphatic rings. The Balaban J connectivity index is 1.41. The third-order valence-electron chi connectivity index (χ3n) is 4.96. The third kappa shape index (κ3) is 3.69. The van der Waals surface area contributed by atoms with Crippen molar-refractivity contribution in [1.29, 1.82) is 0 Å². The molecule has 28 heavy (non-hydrogen) atoms. The van der Waals surface area contributed by atoms with Gasteiger partial charge in [-0.1, -0.05) is 48.5 Å². The van der Waals surface area contributed by atoms with Gasteiger partial charge < -0.3 is 15.2 Å². The fourth-order valence-corrected chi connectivity index (χ4v) is 3.64. The molecular formula is C19H21N5O4. The number of aliphatic carboxylic acids is 1. The highest BCUT2D eigenvalue weighted by molar-refractivity contribution is 5.81. The van der Waals surface area contributed by atoms with E-state index in [-0.39, 0.29) is 25.1 Å². The van der Waals surface area contributed by atoms with Crippen LogP contribution in [0.25, 0.3) is 11.1 Å². The van der Waals surface area contributed by atoms with E-state index in [1.165, 1.54) is 0 Å². The first kappa shape index (κ1) is 18.4. The van der Waals surface area contributed by atoms with Crippen molar-refractivity contribution in [2.24, 2.45) is 0 Å². The van der Waals surface area contributed by atoms with Crippen LogP contribution in [0, 0.1) is 0 Å². The molecule has 9 heteroatoms. The Morgan fingerprint density at radius 2 is 1.57 bits per heavy atom. The zero-order valence-corrected chi connectivity index (χ0v) is 14.9. The topological polar surface area (TPSA) is 124 Å². The van der Waals surface area contributed by atoms with E-state index in [0.717, 1.165) is 22.3 Å². The van der Waals surface area contributed by atoms with Crippen molar-refractivity contribution in [3.63, 3.8) is 0 Å². The molecule has 0 radical (unpaired) electrons. The highest BCUT2D eigenvalue weighted by Crippen LogP contribution is 2.44. The number of carbonyl (C=O) groups excluding carboxylic acids is 1. The number of carbonyl (C=O) groups is 2. The van der Waals surface area contributed by atoms with Crippen LogP contribution in [0.5, 0.6) is 0 Å². The molecule has 1 amide bonds. The molecular weight excluding hydrogens is 362 g/mol. The highest BCUT2D eigenvalue weighted by atomic mass is 16.5. The standard InChI is InChI=1S/C19H21N5O4/c25-18(26)16(9-17-21-23-24-22-17)20-19(27)28-10-15-13-7-3-1-5-11(13)12-6-2-4-8-14(12)15/h1-8,15-17,21-24H,9-10H2,(H,20,27)(H,25,26)/t16-/m1/s1. The Morgan fingerprint density at radius 3 is 2.14 bits per heavy atom. The summed E-state index contributed by atoms with van der Waals surface area (Å²) in [5, 5.41) is 11.8. The fraction of sp³-hybridized carbons (Fsp3) is 0.263. The van der Waals surface area contributed by atoms with Crippen LogP contribution < -0.4 is 27.2 Å². The van der Waals surface area contributed by atoms with Crippen LogP contribution in [0.2, 0.25) is 0 Å². The largest absolute Gasteiger partial charge is 0.480 e. The second kappa shape index (κ2) is 7.95. The number of hydrogen-bond acceptors (Lipinski definition) is 7. The molecule has 4 rings (SSSR count). The lowest BCUT2D eigenvalue weighted by Gasteiger charge is -2.19. The van der Waals surface area contributed by atoms with E-state index in [0.29, 0.717) is 0 Å². The Morgan fingerprint density at radius 1 is 1.00 bits per heavy atom. The average Bonchev–Trinajstić information content (AvgIpc) is 3.32. The molecule has 1 aliphatic carbocycles. The summed E-state index contributed by atoms with van der Waals surface area (Å²) in [6.45, 7) is 0.134. The van der Waals surface area contributed by atoms with Crippen LogP contribution in [0.4, 0.5) is 4.79 Å². The Hall–Kier alpha value is -2.98. The number of alkyl carbamates (subject to hydrolysis) is 1. The predicted molar refractivity (Wildman–Crippen MR) is 101 cm³/mol. The lowest BCUT2D eigenvalue weighted by molar-refractivity contribution is -0.139. The molecule has 0 spiro atoms. The van der Waals surface area contributed by atoms with Gasteiger partial charge in [-0.15, -0.1) is 0 Å².